The normalized spacial score (nSPS) is 15.1. The quantitative estimate of drug-likeness (QED) is 0.488. The zero-order valence-electron chi connectivity index (χ0n) is 20.1. The first-order chi connectivity index (χ1) is 16.2. The van der Waals surface area contributed by atoms with Gasteiger partial charge < -0.3 is 14.4 Å². The molecular weight excluding hydrogens is 460 g/mol. The number of piperazine rings is 1. The van der Waals surface area contributed by atoms with Crippen LogP contribution in [0.4, 0.5) is 5.95 Å². The topological polar surface area (TPSA) is 112 Å². The van der Waals surface area contributed by atoms with Crippen molar-refractivity contribution < 1.29 is 17.9 Å². The Morgan fingerprint density at radius 3 is 2.35 bits per heavy atom. The van der Waals surface area contributed by atoms with Crippen molar-refractivity contribution in [1.29, 1.82) is 0 Å². The molecule has 1 aliphatic rings. The van der Waals surface area contributed by atoms with E-state index in [0.717, 1.165) is 6.42 Å². The molecule has 11 nitrogen and oxygen atoms in total. The van der Waals surface area contributed by atoms with Gasteiger partial charge in [0, 0.05) is 45.8 Å². The zero-order chi connectivity index (χ0) is 24.6. The van der Waals surface area contributed by atoms with Crippen molar-refractivity contribution in [3.8, 4) is 11.5 Å². The van der Waals surface area contributed by atoms with E-state index in [1.807, 2.05) is 18.7 Å². The molecule has 0 spiro atoms. The van der Waals surface area contributed by atoms with E-state index in [-0.39, 0.29) is 23.5 Å². The smallest absolute Gasteiger partial charge is 0.281 e. The number of hydrogen-bond donors (Lipinski definition) is 0. The Morgan fingerprint density at radius 1 is 1.06 bits per heavy atom. The first-order valence-corrected chi connectivity index (χ1v) is 12.6. The highest BCUT2D eigenvalue weighted by atomic mass is 32.2. The van der Waals surface area contributed by atoms with Crippen molar-refractivity contribution in [2.45, 2.75) is 31.7 Å². The molecule has 1 aliphatic heterocycles. The second-order valence-electron chi connectivity index (χ2n) is 8.18. The fraction of sp³-hybridized carbons (Fsp3) is 0.500. The summed E-state index contributed by atoms with van der Waals surface area (Å²) in [5.41, 5.74) is 1.61. The minimum Gasteiger partial charge on any atom is -0.493 e. The molecule has 184 valence electrons. The fourth-order valence-electron chi connectivity index (χ4n) is 4.32. The van der Waals surface area contributed by atoms with Gasteiger partial charge in [0.1, 0.15) is 5.52 Å². The second-order valence-corrected chi connectivity index (χ2v) is 10.1. The van der Waals surface area contributed by atoms with E-state index in [4.69, 9.17) is 14.5 Å². The molecule has 0 amide bonds. The first kappa shape index (κ1) is 24.0. The van der Waals surface area contributed by atoms with Crippen LogP contribution in [0.3, 0.4) is 0 Å². The van der Waals surface area contributed by atoms with E-state index in [9.17, 15) is 13.2 Å². The number of ether oxygens (including phenoxy) is 2. The predicted molar refractivity (Wildman–Crippen MR) is 128 cm³/mol. The Balaban J connectivity index is 1.62. The summed E-state index contributed by atoms with van der Waals surface area (Å²) in [5, 5.41) is 4.36. The first-order valence-electron chi connectivity index (χ1n) is 11.1. The lowest BCUT2D eigenvalue weighted by Gasteiger charge is -2.35. The van der Waals surface area contributed by atoms with E-state index in [2.05, 4.69) is 5.10 Å². The number of anilines is 1. The maximum atomic E-state index is 13.3. The van der Waals surface area contributed by atoms with Crippen LogP contribution in [-0.4, -0.2) is 72.5 Å². The van der Waals surface area contributed by atoms with Crippen molar-refractivity contribution in [3.63, 3.8) is 0 Å². The highest BCUT2D eigenvalue weighted by Crippen LogP contribution is 2.31. The van der Waals surface area contributed by atoms with E-state index in [0.29, 0.717) is 53.8 Å². The van der Waals surface area contributed by atoms with Crippen LogP contribution in [-0.2, 0) is 23.6 Å². The summed E-state index contributed by atoms with van der Waals surface area (Å²) < 4.78 is 41.7. The molecule has 3 heterocycles. The summed E-state index contributed by atoms with van der Waals surface area (Å²) in [5.74, 6) is 1.38. The zero-order valence-corrected chi connectivity index (χ0v) is 20.9. The van der Waals surface area contributed by atoms with Crippen LogP contribution in [0.25, 0.3) is 11.0 Å². The minimum atomic E-state index is -3.72. The van der Waals surface area contributed by atoms with Gasteiger partial charge in [0.15, 0.2) is 17.0 Å². The van der Waals surface area contributed by atoms with Gasteiger partial charge in [-0.2, -0.15) is 9.40 Å². The van der Waals surface area contributed by atoms with Crippen molar-refractivity contribution in [3.05, 3.63) is 34.2 Å². The van der Waals surface area contributed by atoms with E-state index in [1.165, 1.54) is 30.7 Å². The average molecular weight is 491 g/mol. The van der Waals surface area contributed by atoms with Gasteiger partial charge in [-0.15, -0.1) is 0 Å². The minimum absolute atomic E-state index is 0.134. The number of fused-ring (bicyclic) bond motifs is 1. The van der Waals surface area contributed by atoms with Crippen LogP contribution >= 0.6 is 0 Å². The molecule has 0 bridgehead atoms. The molecule has 0 N–H and O–H groups in total. The van der Waals surface area contributed by atoms with E-state index in [1.54, 1.807) is 22.4 Å². The lowest BCUT2D eigenvalue weighted by atomic mass is 10.3. The summed E-state index contributed by atoms with van der Waals surface area (Å²) in [7, 11) is 0.990. The molecule has 34 heavy (non-hydrogen) atoms. The Bertz CT molecular complexity index is 1370. The number of sulfonamides is 1. The third-order valence-electron chi connectivity index (χ3n) is 6.05. The Hall–Kier alpha value is -3.12. The molecule has 0 saturated carbocycles. The standard InChI is InChI=1S/C22H30N6O5S/c1-6-9-28-21(29)20-19(15(2)24-25(20)3)23-22(28)26-10-12-27(13-11-26)34(30,31)16-7-8-17(32-4)18(14-16)33-5/h7-8,14H,6,9-13H2,1-5H3. The largest absolute Gasteiger partial charge is 0.493 e. The second kappa shape index (κ2) is 9.26. The summed E-state index contributed by atoms with van der Waals surface area (Å²) in [6.07, 6.45) is 0.768. The molecule has 1 aromatic carbocycles. The third-order valence-corrected chi connectivity index (χ3v) is 7.95. The maximum Gasteiger partial charge on any atom is 0.281 e. The number of rotatable bonds is 7. The Kier molecular flexibility index (Phi) is 6.54. The molecule has 3 aromatic rings. The van der Waals surface area contributed by atoms with Gasteiger partial charge in [0.2, 0.25) is 16.0 Å². The highest BCUT2D eigenvalue weighted by molar-refractivity contribution is 7.89. The Morgan fingerprint density at radius 2 is 1.74 bits per heavy atom. The molecule has 0 aliphatic carbocycles. The maximum absolute atomic E-state index is 13.3. The summed E-state index contributed by atoms with van der Waals surface area (Å²) in [6, 6.07) is 4.57. The van der Waals surface area contributed by atoms with Gasteiger partial charge in [-0.3, -0.25) is 14.0 Å². The number of nitrogens with zero attached hydrogens (tertiary/aromatic N) is 6. The van der Waals surface area contributed by atoms with Gasteiger partial charge in [0.05, 0.1) is 24.8 Å². The molecule has 0 atom stereocenters. The highest BCUT2D eigenvalue weighted by Gasteiger charge is 2.31. The molecule has 2 aromatic heterocycles. The van der Waals surface area contributed by atoms with Crippen molar-refractivity contribution in [2.24, 2.45) is 7.05 Å². The van der Waals surface area contributed by atoms with Gasteiger partial charge in [-0.1, -0.05) is 6.92 Å². The number of aromatic nitrogens is 4. The van der Waals surface area contributed by atoms with Gasteiger partial charge in [-0.25, -0.2) is 13.4 Å². The van der Waals surface area contributed by atoms with Crippen molar-refractivity contribution >= 4 is 27.0 Å². The van der Waals surface area contributed by atoms with Gasteiger partial charge >= 0.3 is 0 Å². The van der Waals surface area contributed by atoms with Crippen LogP contribution in [0.5, 0.6) is 11.5 Å². The van der Waals surface area contributed by atoms with Gasteiger partial charge in [-0.05, 0) is 25.5 Å². The lowest BCUT2D eigenvalue weighted by molar-refractivity contribution is 0.352. The number of hydrogen-bond acceptors (Lipinski definition) is 8. The molecule has 12 heteroatoms. The monoisotopic (exact) mass is 490 g/mol. The van der Waals surface area contributed by atoms with Gasteiger partial charge in [0.25, 0.3) is 5.56 Å². The van der Waals surface area contributed by atoms with Crippen LogP contribution in [0, 0.1) is 6.92 Å². The van der Waals surface area contributed by atoms with E-state index >= 15 is 0 Å². The SMILES string of the molecule is CCCn1c(N2CCN(S(=O)(=O)c3ccc(OC)c(OC)c3)CC2)nc2c(C)nn(C)c2c1=O. The average Bonchev–Trinajstić information content (AvgIpc) is 3.13. The summed E-state index contributed by atoms with van der Waals surface area (Å²) in [6.45, 7) is 5.71. The lowest BCUT2D eigenvalue weighted by Crippen LogP contribution is -2.50. The van der Waals surface area contributed by atoms with Crippen LogP contribution < -0.4 is 19.9 Å². The molecule has 0 radical (unpaired) electrons. The predicted octanol–water partition coefficient (Wildman–Crippen LogP) is 1.38. The van der Waals surface area contributed by atoms with E-state index < -0.39 is 10.0 Å². The van der Waals surface area contributed by atoms with Crippen molar-refractivity contribution in [1.82, 2.24) is 23.6 Å². The number of benzene rings is 1. The Labute approximate surface area is 198 Å². The molecular formula is C22H30N6O5S. The third kappa shape index (κ3) is 4.00. The van der Waals surface area contributed by atoms with Crippen LogP contribution in [0.2, 0.25) is 0 Å². The molecule has 0 unspecified atom stereocenters. The van der Waals surface area contributed by atoms with Crippen LogP contribution in [0.15, 0.2) is 27.9 Å². The van der Waals surface area contributed by atoms with Crippen molar-refractivity contribution in [2.75, 3.05) is 45.3 Å². The molecule has 1 fully saturated rings. The number of methoxy groups -OCH3 is 2. The molecule has 4 rings (SSSR count). The van der Waals surface area contributed by atoms with Crippen LogP contribution in [0.1, 0.15) is 19.0 Å². The summed E-state index contributed by atoms with van der Waals surface area (Å²) >= 11 is 0. The summed E-state index contributed by atoms with van der Waals surface area (Å²) in [4.78, 5) is 20.2. The number of aryl methyl sites for hydroxylation is 2. The fourth-order valence-corrected chi connectivity index (χ4v) is 5.76. The molecule has 1 saturated heterocycles.